The maximum atomic E-state index is 13.7. The van der Waals surface area contributed by atoms with E-state index in [4.69, 9.17) is 9.47 Å². The highest BCUT2D eigenvalue weighted by Crippen LogP contribution is 2.77. The highest BCUT2D eigenvalue weighted by atomic mass is 16.6. The third-order valence-electron chi connectivity index (χ3n) is 16.5. The number of aliphatic carboxylic acids is 1. The standard InChI is InChI=1S/C48H60O10/c1-28(2)32-19-22-47(43(55)56)23-24-48(27-49)33(41(32)47)14-16-38-45(5)26-36(57-39(53)18-11-30-9-15-34(51)35(52)25-30)42(44(3,4)37(45)20-21-46(38,48)6)58-40(54)17-10-29-7-12-31(50)13-8-29/h7-13,15,17-18,25,32-33,36-38,41-42,49-52H,1,14,16,19-24,26-27H2,2-6H3,(H,55,56)/b17-10-,18-11+/t32-,33+,36+,37-,38+,41+,42-,45-,46+,47-,48-/m0/s1. The lowest BCUT2D eigenvalue weighted by atomic mass is 9.32. The molecule has 5 aliphatic carbocycles. The number of phenols is 3. The van der Waals surface area contributed by atoms with Crippen molar-refractivity contribution in [2.45, 2.75) is 105 Å². The van der Waals surface area contributed by atoms with Gasteiger partial charge in [0.2, 0.25) is 0 Å². The Bertz CT molecular complexity index is 2020. The van der Waals surface area contributed by atoms with Crippen LogP contribution in [0.3, 0.4) is 0 Å². The molecular formula is C48H60O10. The van der Waals surface area contributed by atoms with E-state index in [1.165, 1.54) is 42.5 Å². The lowest BCUT2D eigenvalue weighted by molar-refractivity contribution is -0.277. The second kappa shape index (κ2) is 14.9. The number of hydrogen-bond acceptors (Lipinski definition) is 9. The number of carboxylic acid groups (broad SMARTS) is 1. The van der Waals surface area contributed by atoms with Gasteiger partial charge in [0, 0.05) is 29.6 Å². The Morgan fingerprint density at radius 2 is 1.45 bits per heavy atom. The fourth-order valence-corrected chi connectivity index (χ4v) is 14.0. The van der Waals surface area contributed by atoms with E-state index in [2.05, 4.69) is 34.3 Å². The SMILES string of the molecule is C=C(C)[C@@H]1CC[C@]2(C(=O)O)CC[C@]3(CO)[C@H](CC[C@@H]4[C@@]5(C)C[C@@H](OC(=O)/C=C/c6ccc(O)c(O)c6)[C@H](OC(=O)/C=C\c6ccc(O)cc6)C(C)(C)[C@@H]5CC[C@]43C)[C@@H]12. The highest BCUT2D eigenvalue weighted by Gasteiger charge is 2.74. The number of hydrogen-bond donors (Lipinski definition) is 5. The Kier molecular flexibility index (Phi) is 10.7. The number of carboxylic acids is 1. The Hall–Kier alpha value is -4.57. The predicted octanol–water partition coefficient (Wildman–Crippen LogP) is 8.68. The molecule has 5 fully saturated rings. The van der Waals surface area contributed by atoms with Crippen LogP contribution < -0.4 is 0 Å². The summed E-state index contributed by atoms with van der Waals surface area (Å²) in [5.74, 6) is -2.24. The molecule has 58 heavy (non-hydrogen) atoms. The molecule has 11 atom stereocenters. The van der Waals surface area contributed by atoms with Crippen LogP contribution >= 0.6 is 0 Å². The summed E-state index contributed by atoms with van der Waals surface area (Å²) in [6.45, 7) is 15.2. The molecule has 0 aliphatic heterocycles. The first-order valence-corrected chi connectivity index (χ1v) is 20.9. The fraction of sp³-hybridized carbons (Fsp3) is 0.562. The highest BCUT2D eigenvalue weighted by molar-refractivity contribution is 5.88. The molecule has 2 aromatic rings. The van der Waals surface area contributed by atoms with Gasteiger partial charge in [0.1, 0.15) is 18.0 Å². The van der Waals surface area contributed by atoms with Crippen molar-refractivity contribution in [3.63, 3.8) is 0 Å². The van der Waals surface area contributed by atoms with Crippen LogP contribution in [0.2, 0.25) is 0 Å². The number of ether oxygens (including phenoxy) is 2. The van der Waals surface area contributed by atoms with Gasteiger partial charge in [-0.05, 0) is 153 Å². The van der Waals surface area contributed by atoms with E-state index in [9.17, 15) is 39.9 Å². The summed E-state index contributed by atoms with van der Waals surface area (Å²) < 4.78 is 12.6. The van der Waals surface area contributed by atoms with E-state index in [1.54, 1.807) is 24.3 Å². The Balaban J connectivity index is 1.23. The molecule has 0 bridgehead atoms. The number of aliphatic hydroxyl groups excluding tert-OH is 1. The molecule has 0 unspecified atom stereocenters. The molecular weight excluding hydrogens is 737 g/mol. The third-order valence-corrected chi connectivity index (χ3v) is 16.5. The van der Waals surface area contributed by atoms with Crippen LogP contribution in [0, 0.1) is 56.7 Å². The maximum Gasteiger partial charge on any atom is 0.331 e. The molecule has 0 radical (unpaired) electrons. The predicted molar refractivity (Wildman–Crippen MR) is 219 cm³/mol. The van der Waals surface area contributed by atoms with Crippen molar-refractivity contribution in [3.8, 4) is 17.2 Å². The summed E-state index contributed by atoms with van der Waals surface area (Å²) in [4.78, 5) is 40.5. The summed E-state index contributed by atoms with van der Waals surface area (Å²) >= 11 is 0. The largest absolute Gasteiger partial charge is 0.508 e. The van der Waals surface area contributed by atoms with Crippen molar-refractivity contribution in [1.29, 1.82) is 0 Å². The van der Waals surface area contributed by atoms with Gasteiger partial charge in [-0.25, -0.2) is 9.59 Å². The minimum Gasteiger partial charge on any atom is -0.508 e. The molecule has 0 heterocycles. The summed E-state index contributed by atoms with van der Waals surface area (Å²) in [5.41, 5.74) is -0.506. The molecule has 0 aromatic heterocycles. The van der Waals surface area contributed by atoms with Crippen molar-refractivity contribution in [1.82, 2.24) is 0 Å². The van der Waals surface area contributed by atoms with E-state index >= 15 is 0 Å². The van der Waals surface area contributed by atoms with Gasteiger partial charge < -0.3 is 35.0 Å². The number of phenolic OH excluding ortho intramolecular Hbond substituents is 3. The monoisotopic (exact) mass is 796 g/mol. The molecule has 5 aliphatic rings. The van der Waals surface area contributed by atoms with E-state index in [0.717, 1.165) is 37.7 Å². The number of allylic oxidation sites excluding steroid dienone is 1. The second-order valence-corrected chi connectivity index (χ2v) is 19.4. The first-order valence-electron chi connectivity index (χ1n) is 20.9. The molecule has 312 valence electrons. The lowest BCUT2D eigenvalue weighted by Gasteiger charge is -2.73. The molecule has 0 saturated heterocycles. The molecule has 0 amide bonds. The van der Waals surface area contributed by atoms with Gasteiger partial charge >= 0.3 is 17.9 Å². The fourth-order valence-electron chi connectivity index (χ4n) is 14.0. The van der Waals surface area contributed by atoms with Crippen LogP contribution in [0.4, 0.5) is 0 Å². The van der Waals surface area contributed by atoms with Gasteiger partial charge in [0.25, 0.3) is 0 Å². The average Bonchev–Trinajstić information content (AvgIpc) is 3.58. The van der Waals surface area contributed by atoms with E-state index in [1.807, 2.05) is 6.92 Å². The zero-order valence-corrected chi connectivity index (χ0v) is 34.4. The Labute approximate surface area is 341 Å². The third kappa shape index (κ3) is 6.54. The van der Waals surface area contributed by atoms with Crippen molar-refractivity contribution >= 4 is 30.1 Å². The van der Waals surface area contributed by atoms with Crippen LogP contribution in [0.5, 0.6) is 17.2 Å². The lowest BCUT2D eigenvalue weighted by Crippen LogP contribution is -2.70. The second-order valence-electron chi connectivity index (χ2n) is 19.4. The van der Waals surface area contributed by atoms with Gasteiger partial charge in [0.15, 0.2) is 11.5 Å². The number of fused-ring (bicyclic) bond motifs is 7. The quantitative estimate of drug-likeness (QED) is 0.0716. The van der Waals surface area contributed by atoms with Crippen LogP contribution in [-0.2, 0) is 23.9 Å². The summed E-state index contributed by atoms with van der Waals surface area (Å²) in [7, 11) is 0. The van der Waals surface area contributed by atoms with Crippen molar-refractivity contribution in [2.75, 3.05) is 6.61 Å². The Morgan fingerprint density at radius 1 is 0.793 bits per heavy atom. The molecule has 10 nitrogen and oxygen atoms in total. The molecule has 7 rings (SSSR count). The molecule has 5 N–H and O–H groups in total. The zero-order valence-electron chi connectivity index (χ0n) is 34.4. The normalized spacial score (nSPS) is 37.6. The van der Waals surface area contributed by atoms with Gasteiger partial charge in [-0.2, -0.15) is 0 Å². The minimum absolute atomic E-state index is 0.0203. The van der Waals surface area contributed by atoms with Crippen LogP contribution in [0.1, 0.15) is 104 Å². The Morgan fingerprint density at radius 3 is 2.09 bits per heavy atom. The maximum absolute atomic E-state index is 13.7. The number of carbonyl (C=O) groups excluding carboxylic acids is 2. The van der Waals surface area contributed by atoms with E-state index in [-0.39, 0.29) is 58.9 Å². The number of aromatic hydroxyl groups is 3. The van der Waals surface area contributed by atoms with Crippen LogP contribution in [0.15, 0.2) is 66.8 Å². The molecule has 2 aromatic carbocycles. The van der Waals surface area contributed by atoms with E-state index < -0.39 is 51.8 Å². The van der Waals surface area contributed by atoms with Crippen molar-refractivity contribution in [3.05, 3.63) is 77.9 Å². The van der Waals surface area contributed by atoms with Gasteiger partial charge in [0.05, 0.1) is 5.41 Å². The average molecular weight is 797 g/mol. The number of rotatable bonds is 9. The van der Waals surface area contributed by atoms with Crippen LogP contribution in [-0.4, -0.2) is 62.3 Å². The first kappa shape index (κ1) is 41.6. The van der Waals surface area contributed by atoms with E-state index in [0.29, 0.717) is 36.8 Å². The minimum atomic E-state index is -0.827. The molecule has 0 spiro atoms. The van der Waals surface area contributed by atoms with Crippen molar-refractivity contribution in [2.24, 2.45) is 56.7 Å². The summed E-state index contributed by atoms with van der Waals surface area (Å²) in [6, 6.07) is 10.7. The van der Waals surface area contributed by atoms with Crippen molar-refractivity contribution < 1.29 is 49.4 Å². The number of benzene rings is 2. The summed E-state index contributed by atoms with van der Waals surface area (Å²) in [6.07, 6.45) is 10.4. The van der Waals surface area contributed by atoms with Crippen LogP contribution in [0.25, 0.3) is 12.2 Å². The molecule has 10 heteroatoms. The topological polar surface area (TPSA) is 171 Å². The smallest absolute Gasteiger partial charge is 0.331 e. The number of esters is 2. The summed E-state index contributed by atoms with van der Waals surface area (Å²) in [5, 5.41) is 52.0. The first-order chi connectivity index (χ1) is 27.3. The van der Waals surface area contributed by atoms with Gasteiger partial charge in [-0.15, -0.1) is 0 Å². The number of aliphatic hydroxyl groups is 1. The van der Waals surface area contributed by atoms with Gasteiger partial charge in [-0.1, -0.05) is 58.0 Å². The number of carbonyl (C=O) groups is 3. The molecule has 5 saturated carbocycles. The van der Waals surface area contributed by atoms with Gasteiger partial charge in [-0.3, -0.25) is 4.79 Å². The zero-order chi connectivity index (χ0) is 42.0.